The Kier molecular flexibility index (Phi) is 4.75. The van der Waals surface area contributed by atoms with Crippen LogP contribution in [0, 0.1) is 12.3 Å². The Morgan fingerprint density at radius 1 is 1.43 bits per heavy atom. The summed E-state index contributed by atoms with van der Waals surface area (Å²) < 4.78 is 2.07. The zero-order valence-electron chi connectivity index (χ0n) is 13.4. The van der Waals surface area contributed by atoms with Gasteiger partial charge in [-0.2, -0.15) is 15.3 Å². The zero-order chi connectivity index (χ0) is 16.1. The first-order valence-corrected chi connectivity index (χ1v) is 8.38. The lowest BCUT2D eigenvalue weighted by atomic mass is 10.0. The summed E-state index contributed by atoms with van der Waals surface area (Å²) in [5.74, 6) is 3.36. The van der Waals surface area contributed by atoms with Gasteiger partial charge in [-0.1, -0.05) is 0 Å². The third-order valence-electron chi connectivity index (χ3n) is 4.42. The summed E-state index contributed by atoms with van der Waals surface area (Å²) in [6, 6.07) is 2.11. The first-order valence-electron chi connectivity index (χ1n) is 8.38. The number of terminal acetylenes is 1. The lowest BCUT2D eigenvalue weighted by Gasteiger charge is -2.10. The van der Waals surface area contributed by atoms with Gasteiger partial charge in [0.1, 0.15) is 0 Å². The highest BCUT2D eigenvalue weighted by Crippen LogP contribution is 2.39. The van der Waals surface area contributed by atoms with Crippen molar-refractivity contribution < 1.29 is 4.79 Å². The van der Waals surface area contributed by atoms with Gasteiger partial charge in [-0.05, 0) is 25.3 Å². The van der Waals surface area contributed by atoms with Gasteiger partial charge >= 0.3 is 0 Å². The zero-order valence-corrected chi connectivity index (χ0v) is 13.4. The minimum atomic E-state index is -0.363. The molecule has 122 valence electrons. The number of carbonyl (C=O) groups excluding carboxylic acids is 1. The van der Waals surface area contributed by atoms with E-state index in [0.717, 1.165) is 19.4 Å². The highest BCUT2D eigenvalue weighted by molar-refractivity contribution is 5.75. The van der Waals surface area contributed by atoms with Gasteiger partial charge in [-0.3, -0.25) is 9.48 Å². The summed E-state index contributed by atoms with van der Waals surface area (Å²) in [6.07, 6.45) is 13.1. The lowest BCUT2D eigenvalue weighted by molar-refractivity contribution is -0.121. The van der Waals surface area contributed by atoms with Crippen LogP contribution < -0.4 is 5.32 Å². The number of rotatable bonds is 10. The van der Waals surface area contributed by atoms with Crippen LogP contribution in [0.25, 0.3) is 0 Å². The van der Waals surface area contributed by atoms with Gasteiger partial charge < -0.3 is 5.32 Å². The highest BCUT2D eigenvalue weighted by Gasteiger charge is 2.39. The van der Waals surface area contributed by atoms with E-state index in [-0.39, 0.29) is 11.6 Å². The summed E-state index contributed by atoms with van der Waals surface area (Å²) in [6.45, 7) is 1.53. The molecule has 1 amide bonds. The SMILES string of the molecule is C#CCCC1(CCC(=O)NCCCn2nccc2C2CC2)N=N1. The van der Waals surface area contributed by atoms with Gasteiger partial charge in [0.25, 0.3) is 0 Å². The largest absolute Gasteiger partial charge is 0.356 e. The van der Waals surface area contributed by atoms with Crippen molar-refractivity contribution >= 4 is 5.91 Å². The fourth-order valence-corrected chi connectivity index (χ4v) is 2.78. The second kappa shape index (κ2) is 6.95. The van der Waals surface area contributed by atoms with Crippen LogP contribution in [-0.2, 0) is 11.3 Å². The monoisotopic (exact) mass is 313 g/mol. The molecule has 23 heavy (non-hydrogen) atoms. The Bertz CT molecular complexity index is 617. The number of hydrogen-bond donors (Lipinski definition) is 1. The quantitative estimate of drug-likeness (QED) is 0.533. The minimum absolute atomic E-state index is 0.0604. The van der Waals surface area contributed by atoms with E-state index in [1.807, 2.05) is 6.20 Å². The fourth-order valence-electron chi connectivity index (χ4n) is 2.78. The second-order valence-electron chi connectivity index (χ2n) is 6.34. The summed E-state index contributed by atoms with van der Waals surface area (Å²) in [5, 5.41) is 15.4. The van der Waals surface area contributed by atoms with Gasteiger partial charge in [-0.15, -0.1) is 12.3 Å². The van der Waals surface area contributed by atoms with Crippen LogP contribution in [0.4, 0.5) is 0 Å². The van der Waals surface area contributed by atoms with Gasteiger partial charge in [0.05, 0.1) is 0 Å². The van der Waals surface area contributed by atoms with Crippen LogP contribution in [0.1, 0.15) is 56.6 Å². The molecule has 2 heterocycles. The highest BCUT2D eigenvalue weighted by atomic mass is 16.1. The molecule has 6 heteroatoms. The normalized spacial score (nSPS) is 17.7. The molecule has 0 aromatic carbocycles. The number of aromatic nitrogens is 2. The maximum atomic E-state index is 11.9. The predicted molar refractivity (Wildman–Crippen MR) is 86.7 cm³/mol. The molecule has 0 spiro atoms. The number of amides is 1. The van der Waals surface area contributed by atoms with E-state index in [0.29, 0.717) is 31.7 Å². The summed E-state index contributed by atoms with van der Waals surface area (Å²) in [4.78, 5) is 11.9. The van der Waals surface area contributed by atoms with Crippen LogP contribution in [-0.4, -0.2) is 27.9 Å². The maximum absolute atomic E-state index is 11.9. The summed E-state index contributed by atoms with van der Waals surface area (Å²) >= 11 is 0. The molecule has 0 bridgehead atoms. The van der Waals surface area contributed by atoms with Gasteiger partial charge in [0.2, 0.25) is 5.91 Å². The average molecular weight is 313 g/mol. The van der Waals surface area contributed by atoms with E-state index in [4.69, 9.17) is 6.42 Å². The van der Waals surface area contributed by atoms with Crippen LogP contribution in [0.5, 0.6) is 0 Å². The molecule has 0 unspecified atom stereocenters. The van der Waals surface area contributed by atoms with Crippen molar-refractivity contribution in [3.8, 4) is 12.3 Å². The molecule has 1 aromatic rings. The standard InChI is InChI=1S/C17H23N5O/c1-2-3-9-17(20-21-17)10-7-16(23)18-11-4-13-22-15(8-12-19-22)14-5-6-14/h1,8,12,14H,3-7,9-11,13H2,(H,18,23). The molecule has 1 aliphatic carbocycles. The molecule has 0 saturated heterocycles. The van der Waals surface area contributed by atoms with Crippen LogP contribution in [0.2, 0.25) is 0 Å². The first kappa shape index (κ1) is 15.7. The topological polar surface area (TPSA) is 71.6 Å². The molecule has 0 radical (unpaired) electrons. The molecule has 1 saturated carbocycles. The molecular formula is C17H23N5O. The molecule has 1 aromatic heterocycles. The first-order chi connectivity index (χ1) is 11.2. The predicted octanol–water partition coefficient (Wildman–Crippen LogP) is 2.62. The Morgan fingerprint density at radius 3 is 2.96 bits per heavy atom. The van der Waals surface area contributed by atoms with Crippen LogP contribution in [0.3, 0.4) is 0 Å². The van der Waals surface area contributed by atoms with Crippen LogP contribution >= 0.6 is 0 Å². The van der Waals surface area contributed by atoms with E-state index in [1.165, 1.54) is 18.5 Å². The number of aryl methyl sites for hydroxylation is 1. The number of carbonyl (C=O) groups is 1. The van der Waals surface area contributed by atoms with Crippen molar-refractivity contribution in [3.63, 3.8) is 0 Å². The van der Waals surface area contributed by atoms with E-state index in [1.54, 1.807) is 0 Å². The molecular weight excluding hydrogens is 290 g/mol. The van der Waals surface area contributed by atoms with Gasteiger partial charge in [0.15, 0.2) is 5.66 Å². The number of nitrogens with one attached hydrogen (secondary N) is 1. The van der Waals surface area contributed by atoms with E-state index < -0.39 is 0 Å². The smallest absolute Gasteiger partial charge is 0.220 e. The van der Waals surface area contributed by atoms with Crippen molar-refractivity contribution in [2.45, 2.75) is 63.1 Å². The van der Waals surface area contributed by atoms with Crippen molar-refractivity contribution in [1.82, 2.24) is 15.1 Å². The molecule has 0 atom stereocenters. The van der Waals surface area contributed by atoms with Gasteiger partial charge in [-0.25, -0.2) is 0 Å². The molecule has 1 N–H and O–H groups in total. The Labute approximate surface area is 136 Å². The van der Waals surface area contributed by atoms with Crippen LogP contribution in [0.15, 0.2) is 22.5 Å². The second-order valence-corrected chi connectivity index (χ2v) is 6.34. The maximum Gasteiger partial charge on any atom is 0.220 e. The van der Waals surface area contributed by atoms with Crippen molar-refractivity contribution in [1.29, 1.82) is 0 Å². The lowest BCUT2D eigenvalue weighted by Crippen LogP contribution is -2.27. The summed E-state index contributed by atoms with van der Waals surface area (Å²) in [5.41, 5.74) is 0.974. The minimum Gasteiger partial charge on any atom is -0.356 e. The Morgan fingerprint density at radius 2 is 2.26 bits per heavy atom. The third-order valence-corrected chi connectivity index (χ3v) is 4.42. The fraction of sp³-hybridized carbons (Fsp3) is 0.647. The number of hydrogen-bond acceptors (Lipinski definition) is 4. The number of nitrogens with zero attached hydrogens (tertiary/aromatic N) is 4. The molecule has 3 rings (SSSR count). The van der Waals surface area contributed by atoms with Crippen molar-refractivity contribution in [2.24, 2.45) is 10.2 Å². The molecule has 6 nitrogen and oxygen atoms in total. The molecule has 1 fully saturated rings. The van der Waals surface area contributed by atoms with Crippen molar-refractivity contribution in [3.05, 3.63) is 18.0 Å². The van der Waals surface area contributed by atoms with Crippen molar-refractivity contribution in [2.75, 3.05) is 6.54 Å². The summed E-state index contributed by atoms with van der Waals surface area (Å²) in [7, 11) is 0. The Hall–Kier alpha value is -2.16. The molecule has 1 aliphatic heterocycles. The molecule has 2 aliphatic rings. The third kappa shape index (κ3) is 4.41. The van der Waals surface area contributed by atoms with Gasteiger partial charge in [0, 0.05) is 56.6 Å². The Balaban J connectivity index is 1.29. The van der Waals surface area contributed by atoms with E-state index in [9.17, 15) is 4.79 Å². The van der Waals surface area contributed by atoms with E-state index in [2.05, 4.69) is 37.3 Å². The average Bonchev–Trinajstić information content (AvgIpc) is 3.48. The van der Waals surface area contributed by atoms with E-state index >= 15 is 0 Å².